The van der Waals surface area contributed by atoms with E-state index in [4.69, 9.17) is 23.5 Å². The lowest BCUT2D eigenvalue weighted by Crippen LogP contribution is -2.25. The van der Waals surface area contributed by atoms with Gasteiger partial charge in [0.1, 0.15) is 25.0 Å². The molecule has 0 radical (unpaired) electrons. The van der Waals surface area contributed by atoms with Crippen molar-refractivity contribution in [3.63, 3.8) is 0 Å². The second kappa shape index (κ2) is 17.7. The normalized spacial score (nSPS) is 12.6. The third kappa shape index (κ3) is 10.9. The van der Waals surface area contributed by atoms with E-state index in [0.717, 1.165) is 22.3 Å². The molecule has 0 amide bonds. The molecule has 0 saturated carbocycles. The maximum atomic E-state index is 13.9. The van der Waals surface area contributed by atoms with Crippen molar-refractivity contribution in [2.45, 2.75) is 32.1 Å². The zero-order valence-corrected chi connectivity index (χ0v) is 28.1. The minimum Gasteiger partial charge on any atom is -0.461 e. The summed E-state index contributed by atoms with van der Waals surface area (Å²) in [6, 6.07) is 43.6. The van der Waals surface area contributed by atoms with Gasteiger partial charge in [-0.1, -0.05) is 133 Å². The van der Waals surface area contributed by atoms with E-state index in [1.165, 1.54) is 7.11 Å². The maximum Gasteiger partial charge on any atom is 0.379 e. The summed E-state index contributed by atoms with van der Waals surface area (Å²) < 4.78 is 36.4. The highest BCUT2D eigenvalue weighted by Gasteiger charge is 2.30. The second-order valence-corrected chi connectivity index (χ2v) is 13.4. The summed E-state index contributed by atoms with van der Waals surface area (Å²) in [6.45, 7) is 0.235. The molecular weight excluding hydrogens is 637 g/mol. The third-order valence-electron chi connectivity index (χ3n) is 7.56. The Labute approximate surface area is 286 Å². The molecule has 0 aliphatic carbocycles. The van der Waals surface area contributed by atoms with E-state index in [9.17, 15) is 14.2 Å². The Morgan fingerprint density at radius 2 is 1.16 bits per heavy atom. The largest absolute Gasteiger partial charge is 0.461 e. The SMILES string of the molecule is COP(=O)(CCC(N=C(c1ccccc1)c1ccccc1)C(=O)OCc1ccccc1)Oc1cccc(CC(=O)OCc2ccccc2)c1. The van der Waals surface area contributed by atoms with Crippen LogP contribution in [0.2, 0.25) is 0 Å². The number of hydrogen-bond donors (Lipinski definition) is 0. The highest BCUT2D eigenvalue weighted by molar-refractivity contribution is 7.54. The van der Waals surface area contributed by atoms with Crippen molar-refractivity contribution in [2.24, 2.45) is 4.99 Å². The molecule has 0 aliphatic rings. The van der Waals surface area contributed by atoms with E-state index < -0.39 is 25.6 Å². The zero-order valence-electron chi connectivity index (χ0n) is 27.2. The van der Waals surface area contributed by atoms with Gasteiger partial charge in [0.2, 0.25) is 0 Å². The van der Waals surface area contributed by atoms with Crippen LogP contribution < -0.4 is 4.52 Å². The number of hydrogen-bond acceptors (Lipinski definition) is 8. The number of aliphatic imine (C=N–C) groups is 1. The van der Waals surface area contributed by atoms with E-state index in [2.05, 4.69) is 0 Å². The lowest BCUT2D eigenvalue weighted by atomic mass is 10.0. The molecule has 0 bridgehead atoms. The number of carbonyl (C=O) groups is 2. The van der Waals surface area contributed by atoms with E-state index in [0.29, 0.717) is 11.3 Å². The van der Waals surface area contributed by atoms with Crippen LogP contribution in [0, 0.1) is 0 Å². The molecule has 2 atom stereocenters. The topological polar surface area (TPSA) is 100 Å². The summed E-state index contributed by atoms with van der Waals surface area (Å²) >= 11 is 0. The molecule has 0 heterocycles. The fourth-order valence-electron chi connectivity index (χ4n) is 5.01. The minimum absolute atomic E-state index is 0.00705. The number of esters is 2. The van der Waals surface area contributed by atoms with E-state index in [-0.39, 0.29) is 38.0 Å². The van der Waals surface area contributed by atoms with Crippen LogP contribution in [0.3, 0.4) is 0 Å². The quantitative estimate of drug-likeness (QED) is 0.0590. The van der Waals surface area contributed by atoms with Crippen LogP contribution >= 0.6 is 7.60 Å². The van der Waals surface area contributed by atoms with Crippen molar-refractivity contribution in [2.75, 3.05) is 13.3 Å². The minimum atomic E-state index is -3.78. The number of nitrogens with zero attached hydrogens (tertiary/aromatic N) is 1. The summed E-state index contributed by atoms with van der Waals surface area (Å²) in [4.78, 5) is 31.1. The van der Waals surface area contributed by atoms with Crippen molar-refractivity contribution in [1.29, 1.82) is 0 Å². The van der Waals surface area contributed by atoms with Gasteiger partial charge in [-0.3, -0.25) is 9.79 Å². The van der Waals surface area contributed by atoms with E-state index in [1.807, 2.05) is 121 Å². The van der Waals surface area contributed by atoms with Gasteiger partial charge in [-0.15, -0.1) is 0 Å². The van der Waals surface area contributed by atoms with Gasteiger partial charge in [-0.05, 0) is 35.2 Å². The Morgan fingerprint density at radius 1 is 0.653 bits per heavy atom. The molecule has 9 heteroatoms. The van der Waals surface area contributed by atoms with Gasteiger partial charge in [-0.2, -0.15) is 0 Å². The first-order valence-electron chi connectivity index (χ1n) is 15.9. The number of carbonyl (C=O) groups excluding carboxylic acids is 2. The molecule has 0 N–H and O–H groups in total. The Kier molecular flexibility index (Phi) is 12.7. The lowest BCUT2D eigenvalue weighted by molar-refractivity contribution is -0.146. The Balaban J connectivity index is 1.32. The smallest absolute Gasteiger partial charge is 0.379 e. The Morgan fingerprint density at radius 3 is 1.71 bits per heavy atom. The fraction of sp³-hybridized carbons (Fsp3) is 0.175. The predicted molar refractivity (Wildman–Crippen MR) is 190 cm³/mol. The maximum absolute atomic E-state index is 13.9. The molecule has 5 aromatic rings. The van der Waals surface area contributed by atoms with Crippen LogP contribution in [-0.2, 0) is 47.8 Å². The average molecular weight is 676 g/mol. The monoisotopic (exact) mass is 675 g/mol. The first-order chi connectivity index (χ1) is 23.9. The molecule has 0 saturated heterocycles. The van der Waals surface area contributed by atoms with Crippen molar-refractivity contribution in [3.05, 3.63) is 173 Å². The second-order valence-electron chi connectivity index (χ2n) is 11.2. The van der Waals surface area contributed by atoms with Gasteiger partial charge in [-0.25, -0.2) is 9.36 Å². The number of rotatable bonds is 16. The molecule has 0 spiro atoms. The lowest BCUT2D eigenvalue weighted by Gasteiger charge is -2.20. The number of benzene rings is 5. The summed E-state index contributed by atoms with van der Waals surface area (Å²) in [5.74, 6) is -0.704. The first kappa shape index (κ1) is 35.0. The summed E-state index contributed by atoms with van der Waals surface area (Å²) in [5, 5.41) is 0. The van der Waals surface area contributed by atoms with Gasteiger partial charge in [0, 0.05) is 18.2 Å². The third-order valence-corrected chi connectivity index (χ3v) is 9.42. The van der Waals surface area contributed by atoms with Crippen LogP contribution in [0.4, 0.5) is 0 Å². The Bertz CT molecular complexity index is 1830. The molecule has 250 valence electrons. The van der Waals surface area contributed by atoms with Gasteiger partial charge < -0.3 is 18.5 Å². The van der Waals surface area contributed by atoms with Crippen LogP contribution in [-0.4, -0.2) is 37.0 Å². The molecule has 5 rings (SSSR count). The van der Waals surface area contributed by atoms with Crippen molar-refractivity contribution < 1.29 is 32.7 Å². The van der Waals surface area contributed by atoms with Crippen LogP contribution in [0.15, 0.2) is 151 Å². The van der Waals surface area contributed by atoms with Crippen LogP contribution in [0.1, 0.15) is 34.2 Å². The molecule has 49 heavy (non-hydrogen) atoms. The summed E-state index contributed by atoms with van der Waals surface area (Å²) in [6.07, 6.45) is -0.0984. The summed E-state index contributed by atoms with van der Waals surface area (Å²) in [5.41, 5.74) is 4.59. The highest BCUT2D eigenvalue weighted by Crippen LogP contribution is 2.48. The zero-order chi connectivity index (χ0) is 34.3. The molecular formula is C40H38NO7P. The van der Waals surface area contributed by atoms with E-state index in [1.54, 1.807) is 24.3 Å². The fourth-order valence-corrected chi connectivity index (χ4v) is 6.35. The van der Waals surface area contributed by atoms with Crippen molar-refractivity contribution >= 4 is 25.2 Å². The Hall–Kier alpha value is -5.30. The molecule has 0 aliphatic heterocycles. The van der Waals surface area contributed by atoms with Gasteiger partial charge in [0.15, 0.2) is 0 Å². The molecule has 5 aromatic carbocycles. The van der Waals surface area contributed by atoms with Gasteiger partial charge in [0.05, 0.1) is 18.3 Å². The van der Waals surface area contributed by atoms with Crippen molar-refractivity contribution in [1.82, 2.24) is 0 Å². The average Bonchev–Trinajstić information content (AvgIpc) is 3.15. The molecule has 0 aromatic heterocycles. The van der Waals surface area contributed by atoms with Crippen LogP contribution in [0.25, 0.3) is 0 Å². The van der Waals surface area contributed by atoms with Crippen LogP contribution in [0.5, 0.6) is 5.75 Å². The molecule has 2 unspecified atom stereocenters. The van der Waals surface area contributed by atoms with E-state index >= 15 is 0 Å². The molecule has 8 nitrogen and oxygen atoms in total. The number of ether oxygens (including phenoxy) is 2. The predicted octanol–water partition coefficient (Wildman–Crippen LogP) is 8.23. The van der Waals surface area contributed by atoms with Gasteiger partial charge in [0.25, 0.3) is 0 Å². The highest BCUT2D eigenvalue weighted by atomic mass is 31.2. The first-order valence-corrected chi connectivity index (χ1v) is 17.7. The standard InChI is InChI=1S/C40H38NO7P/c1-45-49(44,48-36-24-14-19-33(27-36)28-38(42)46-29-31-15-6-2-7-16-31)26-25-37(40(43)47-30-32-17-8-3-9-18-32)41-39(34-20-10-4-11-21-34)35-22-12-5-13-23-35/h2-24,27,37H,25-26,28-30H2,1H3. The van der Waals surface area contributed by atoms with Crippen molar-refractivity contribution in [3.8, 4) is 5.75 Å². The summed E-state index contributed by atoms with van der Waals surface area (Å²) in [7, 11) is -2.48. The van der Waals surface area contributed by atoms with Gasteiger partial charge >= 0.3 is 19.5 Å². The molecule has 0 fully saturated rings.